The van der Waals surface area contributed by atoms with Crippen LogP contribution in [-0.2, 0) is 16.1 Å². The number of anilines is 4. The monoisotopic (exact) mass is 573 g/mol. The van der Waals surface area contributed by atoms with Gasteiger partial charge >= 0.3 is 0 Å². The van der Waals surface area contributed by atoms with Gasteiger partial charge in [0.15, 0.2) is 17.5 Å². The first kappa shape index (κ1) is 28.6. The summed E-state index contributed by atoms with van der Waals surface area (Å²) in [6.45, 7) is 6.38. The van der Waals surface area contributed by atoms with E-state index in [0.717, 1.165) is 23.0 Å². The van der Waals surface area contributed by atoms with E-state index in [2.05, 4.69) is 37.3 Å². The van der Waals surface area contributed by atoms with Gasteiger partial charge in [0, 0.05) is 37.0 Å². The van der Waals surface area contributed by atoms with Crippen molar-refractivity contribution in [2.45, 2.75) is 6.54 Å². The molecule has 0 bridgehead atoms. The van der Waals surface area contributed by atoms with E-state index in [1.807, 2.05) is 54.2 Å². The van der Waals surface area contributed by atoms with Gasteiger partial charge < -0.3 is 29.9 Å². The number of benzene rings is 1. The van der Waals surface area contributed by atoms with Crippen LogP contribution >= 0.6 is 0 Å². The molecule has 1 amide bonds. The summed E-state index contributed by atoms with van der Waals surface area (Å²) >= 11 is 0. The zero-order chi connectivity index (χ0) is 29.6. The van der Waals surface area contributed by atoms with E-state index in [-0.39, 0.29) is 17.6 Å². The van der Waals surface area contributed by atoms with E-state index in [1.165, 1.54) is 17.9 Å². The van der Waals surface area contributed by atoms with Crippen molar-refractivity contribution in [3.63, 3.8) is 0 Å². The number of amides is 1. The summed E-state index contributed by atoms with van der Waals surface area (Å²) in [4.78, 5) is 29.5. The Hall–Kier alpha value is -4.88. The molecule has 42 heavy (non-hydrogen) atoms. The highest BCUT2D eigenvalue weighted by molar-refractivity contribution is 6.01. The summed E-state index contributed by atoms with van der Waals surface area (Å²) in [7, 11) is 5.39. The summed E-state index contributed by atoms with van der Waals surface area (Å²) < 4.78 is 27.6. The molecular formula is C29H32FN9O3. The normalized spacial score (nSPS) is 13.2. The standard InChI is InChI=1S/C29H32FN9O3/c1-5-24(40)32-22-15-23(28(41-4)34-27(22)38-11-13-42-14-12-38)33-29-31-16-21(30)26(35-29)39-18-20(17-37(2)3)25(36-39)19-9-7-6-8-10-19/h5-10,15-16,18H,1,11-14,17H2,2-4H3,(H,32,40)(H,31,33,35). The molecule has 0 aliphatic carbocycles. The molecule has 0 radical (unpaired) electrons. The number of halogens is 1. The molecule has 2 N–H and O–H groups in total. The van der Waals surface area contributed by atoms with Crippen LogP contribution < -0.4 is 20.3 Å². The Morgan fingerprint density at radius 3 is 2.62 bits per heavy atom. The maximum Gasteiger partial charge on any atom is 0.247 e. The zero-order valence-electron chi connectivity index (χ0n) is 23.7. The van der Waals surface area contributed by atoms with Crippen molar-refractivity contribution in [2.75, 3.05) is 63.0 Å². The predicted octanol–water partition coefficient (Wildman–Crippen LogP) is 3.64. The van der Waals surface area contributed by atoms with E-state index in [0.29, 0.717) is 50.0 Å². The van der Waals surface area contributed by atoms with Crippen molar-refractivity contribution in [3.8, 4) is 23.0 Å². The van der Waals surface area contributed by atoms with Crippen molar-refractivity contribution in [1.82, 2.24) is 29.6 Å². The van der Waals surface area contributed by atoms with Gasteiger partial charge in [-0.25, -0.2) is 14.1 Å². The first-order valence-corrected chi connectivity index (χ1v) is 13.3. The number of rotatable bonds is 10. The van der Waals surface area contributed by atoms with Crippen LogP contribution in [0.3, 0.4) is 0 Å². The molecule has 1 fully saturated rings. The maximum absolute atomic E-state index is 15.1. The summed E-state index contributed by atoms with van der Waals surface area (Å²) in [5.41, 5.74) is 3.34. The molecule has 0 spiro atoms. The molecule has 218 valence electrons. The molecule has 0 saturated carbocycles. The van der Waals surface area contributed by atoms with Crippen molar-refractivity contribution < 1.29 is 18.7 Å². The first-order chi connectivity index (χ1) is 20.4. The average Bonchev–Trinajstić information content (AvgIpc) is 3.41. The fourth-order valence-electron chi connectivity index (χ4n) is 4.54. The molecule has 13 heteroatoms. The second-order valence-electron chi connectivity index (χ2n) is 9.75. The van der Waals surface area contributed by atoms with Crippen molar-refractivity contribution in [3.05, 3.63) is 72.8 Å². The fourth-order valence-corrected chi connectivity index (χ4v) is 4.54. The molecule has 12 nitrogen and oxygen atoms in total. The zero-order valence-corrected chi connectivity index (χ0v) is 23.7. The van der Waals surface area contributed by atoms with E-state index >= 15 is 4.39 Å². The molecule has 4 heterocycles. The fraction of sp³-hybridized carbons (Fsp3) is 0.276. The number of pyridine rings is 1. The topological polar surface area (TPSA) is 123 Å². The van der Waals surface area contributed by atoms with Gasteiger partial charge in [-0.2, -0.15) is 15.1 Å². The van der Waals surface area contributed by atoms with Crippen LogP contribution in [0.4, 0.5) is 27.5 Å². The highest BCUT2D eigenvalue weighted by Crippen LogP contribution is 2.35. The van der Waals surface area contributed by atoms with Crippen LogP contribution in [0.25, 0.3) is 17.1 Å². The van der Waals surface area contributed by atoms with Gasteiger partial charge in [0.2, 0.25) is 17.7 Å². The number of carbonyl (C=O) groups excluding carboxylic acids is 1. The van der Waals surface area contributed by atoms with Gasteiger partial charge in [-0.05, 0) is 26.2 Å². The van der Waals surface area contributed by atoms with Crippen LogP contribution in [0.2, 0.25) is 0 Å². The second kappa shape index (κ2) is 12.7. The molecule has 5 rings (SSSR count). The minimum Gasteiger partial charge on any atom is -0.479 e. The minimum absolute atomic E-state index is 0.0354. The largest absolute Gasteiger partial charge is 0.479 e. The Morgan fingerprint density at radius 2 is 1.93 bits per heavy atom. The quantitative estimate of drug-likeness (QED) is 0.272. The Bertz CT molecular complexity index is 1570. The van der Waals surface area contributed by atoms with Crippen LogP contribution in [-0.4, -0.2) is 83.0 Å². The predicted molar refractivity (Wildman–Crippen MR) is 158 cm³/mol. The smallest absolute Gasteiger partial charge is 0.247 e. The third-order valence-electron chi connectivity index (χ3n) is 6.43. The second-order valence-corrected chi connectivity index (χ2v) is 9.75. The molecule has 1 aliphatic rings. The van der Waals surface area contributed by atoms with Crippen molar-refractivity contribution in [1.29, 1.82) is 0 Å². The van der Waals surface area contributed by atoms with Gasteiger partial charge in [0.05, 0.1) is 37.9 Å². The van der Waals surface area contributed by atoms with E-state index in [4.69, 9.17) is 9.47 Å². The maximum atomic E-state index is 15.1. The summed E-state index contributed by atoms with van der Waals surface area (Å²) in [6, 6.07) is 11.4. The Morgan fingerprint density at radius 1 is 1.17 bits per heavy atom. The van der Waals surface area contributed by atoms with Gasteiger partial charge in [0.25, 0.3) is 0 Å². The number of methoxy groups -OCH3 is 1. The number of aromatic nitrogens is 5. The number of ether oxygens (including phenoxy) is 2. The Kier molecular flexibility index (Phi) is 8.69. The Labute approximate surface area is 242 Å². The number of hydrogen-bond donors (Lipinski definition) is 2. The van der Waals surface area contributed by atoms with E-state index in [9.17, 15) is 4.79 Å². The van der Waals surface area contributed by atoms with Crippen LogP contribution in [0.1, 0.15) is 5.56 Å². The lowest BCUT2D eigenvalue weighted by atomic mass is 10.1. The Balaban J connectivity index is 1.52. The number of nitrogens with zero attached hydrogens (tertiary/aromatic N) is 7. The lowest BCUT2D eigenvalue weighted by Crippen LogP contribution is -2.37. The van der Waals surface area contributed by atoms with Crippen molar-refractivity contribution >= 4 is 29.0 Å². The molecule has 0 unspecified atom stereocenters. The number of hydrogen-bond acceptors (Lipinski definition) is 10. The first-order valence-electron chi connectivity index (χ1n) is 13.3. The summed E-state index contributed by atoms with van der Waals surface area (Å²) in [5, 5.41) is 10.6. The summed E-state index contributed by atoms with van der Waals surface area (Å²) in [6.07, 6.45) is 4.01. The summed E-state index contributed by atoms with van der Waals surface area (Å²) in [5.74, 6) is -0.240. The molecular weight excluding hydrogens is 541 g/mol. The van der Waals surface area contributed by atoms with Gasteiger partial charge in [-0.3, -0.25) is 4.79 Å². The molecule has 4 aromatic rings. The van der Waals surface area contributed by atoms with Gasteiger partial charge in [-0.1, -0.05) is 36.9 Å². The lowest BCUT2D eigenvalue weighted by Gasteiger charge is -2.30. The molecule has 0 atom stereocenters. The van der Waals surface area contributed by atoms with Crippen LogP contribution in [0.15, 0.2) is 61.4 Å². The third kappa shape index (κ3) is 6.37. The molecule has 1 saturated heterocycles. The highest BCUT2D eigenvalue weighted by atomic mass is 19.1. The number of morpholine rings is 1. The number of carbonyl (C=O) groups is 1. The molecule has 1 aromatic carbocycles. The van der Waals surface area contributed by atoms with Crippen LogP contribution in [0, 0.1) is 5.82 Å². The SMILES string of the molecule is C=CC(=O)Nc1cc(Nc2ncc(F)c(-n3cc(CN(C)C)c(-c4ccccc4)n3)n2)c(OC)nc1N1CCOCC1. The van der Waals surface area contributed by atoms with Crippen molar-refractivity contribution in [2.24, 2.45) is 0 Å². The average molecular weight is 574 g/mol. The molecule has 3 aromatic heterocycles. The third-order valence-corrected chi connectivity index (χ3v) is 6.43. The van der Waals surface area contributed by atoms with Gasteiger partial charge in [0.1, 0.15) is 5.69 Å². The molecule has 1 aliphatic heterocycles. The highest BCUT2D eigenvalue weighted by Gasteiger charge is 2.22. The minimum atomic E-state index is -0.647. The van der Waals surface area contributed by atoms with E-state index < -0.39 is 11.7 Å². The number of nitrogens with one attached hydrogen (secondary N) is 2. The van der Waals surface area contributed by atoms with Gasteiger partial charge in [-0.15, -0.1) is 0 Å². The van der Waals surface area contributed by atoms with E-state index in [1.54, 1.807) is 12.3 Å². The van der Waals surface area contributed by atoms with Crippen LogP contribution in [0.5, 0.6) is 5.88 Å². The lowest BCUT2D eigenvalue weighted by molar-refractivity contribution is -0.111.